The molecule has 0 radical (unpaired) electrons. The van der Waals surface area contributed by atoms with E-state index in [0.29, 0.717) is 6.10 Å². The minimum Gasteiger partial charge on any atom is -0.425 e. The van der Waals surface area contributed by atoms with Crippen molar-refractivity contribution in [1.29, 1.82) is 0 Å². The van der Waals surface area contributed by atoms with Gasteiger partial charge in [-0.1, -0.05) is 84.5 Å². The molecule has 0 heterocycles. The van der Waals surface area contributed by atoms with Crippen LogP contribution in [0.3, 0.4) is 0 Å². The first-order valence-electron chi connectivity index (χ1n) is 8.37. The molecule has 0 bridgehead atoms. The normalized spacial score (nSPS) is 13.0. The summed E-state index contributed by atoms with van der Waals surface area (Å²) in [6.07, 6.45) is 18.8. The van der Waals surface area contributed by atoms with Gasteiger partial charge in [-0.25, -0.2) is 0 Å². The van der Waals surface area contributed by atoms with E-state index in [2.05, 4.69) is 13.8 Å². The Balaban J connectivity index is 3.03. The Morgan fingerprint density at radius 3 is 1.56 bits per heavy atom. The summed E-state index contributed by atoms with van der Waals surface area (Å²) in [4.78, 5) is 0. The molecular formula is C16H36OSi. The minimum absolute atomic E-state index is 0.565. The number of unbranched alkanes of at least 4 members (excludes halogenated alkanes) is 10. The predicted octanol–water partition coefficient (Wildman–Crippen LogP) is 4.76. The molecule has 0 aliphatic heterocycles. The molecule has 0 saturated heterocycles. The SMILES string of the molecule is CCCCCCCCCCCCCC(CC)O[SiH3]. The molecule has 1 nitrogen and oxygen atoms in total. The van der Waals surface area contributed by atoms with Gasteiger partial charge in [-0.15, -0.1) is 0 Å². The first kappa shape index (κ1) is 18.2. The average molecular weight is 273 g/mol. The molecular weight excluding hydrogens is 236 g/mol. The maximum atomic E-state index is 5.53. The van der Waals surface area contributed by atoms with E-state index in [4.69, 9.17) is 4.43 Å². The van der Waals surface area contributed by atoms with Crippen LogP contribution in [0.5, 0.6) is 0 Å². The van der Waals surface area contributed by atoms with Crippen molar-refractivity contribution in [1.82, 2.24) is 0 Å². The van der Waals surface area contributed by atoms with Gasteiger partial charge in [-0.05, 0) is 12.8 Å². The van der Waals surface area contributed by atoms with Gasteiger partial charge in [-0.2, -0.15) is 0 Å². The van der Waals surface area contributed by atoms with E-state index in [1.54, 1.807) is 0 Å². The molecule has 1 atom stereocenters. The van der Waals surface area contributed by atoms with Crippen LogP contribution >= 0.6 is 0 Å². The van der Waals surface area contributed by atoms with Gasteiger partial charge in [0.1, 0.15) is 10.5 Å². The van der Waals surface area contributed by atoms with Gasteiger partial charge in [0.05, 0.1) is 0 Å². The van der Waals surface area contributed by atoms with E-state index in [1.807, 2.05) is 0 Å². The van der Waals surface area contributed by atoms with Crippen LogP contribution in [0.4, 0.5) is 0 Å². The summed E-state index contributed by atoms with van der Waals surface area (Å²) in [5, 5.41) is 0. The molecule has 0 aromatic heterocycles. The van der Waals surface area contributed by atoms with Crippen molar-refractivity contribution in [3.8, 4) is 0 Å². The quantitative estimate of drug-likeness (QED) is 0.327. The fraction of sp³-hybridized carbons (Fsp3) is 1.00. The zero-order valence-electron chi connectivity index (χ0n) is 13.2. The van der Waals surface area contributed by atoms with Crippen LogP contribution in [0.2, 0.25) is 0 Å². The summed E-state index contributed by atoms with van der Waals surface area (Å²) in [7, 11) is 0.903. The van der Waals surface area contributed by atoms with Crippen LogP contribution in [0, 0.1) is 0 Å². The fourth-order valence-corrected chi connectivity index (χ4v) is 3.09. The molecule has 2 heteroatoms. The maximum absolute atomic E-state index is 5.53. The Bertz CT molecular complexity index is 146. The Labute approximate surface area is 119 Å². The van der Waals surface area contributed by atoms with Crippen molar-refractivity contribution in [3.63, 3.8) is 0 Å². The van der Waals surface area contributed by atoms with Crippen molar-refractivity contribution < 1.29 is 4.43 Å². The van der Waals surface area contributed by atoms with Gasteiger partial charge in [0.2, 0.25) is 0 Å². The van der Waals surface area contributed by atoms with Crippen LogP contribution in [-0.4, -0.2) is 16.6 Å². The minimum atomic E-state index is 0.565. The highest BCUT2D eigenvalue weighted by atomic mass is 28.2. The van der Waals surface area contributed by atoms with Crippen molar-refractivity contribution in [2.45, 2.75) is 103 Å². The summed E-state index contributed by atoms with van der Waals surface area (Å²) in [6.45, 7) is 4.52. The van der Waals surface area contributed by atoms with Gasteiger partial charge in [0.15, 0.2) is 0 Å². The Hall–Kier alpha value is 0.177. The molecule has 0 saturated carbocycles. The summed E-state index contributed by atoms with van der Waals surface area (Å²) in [6, 6.07) is 0. The average Bonchev–Trinajstić information content (AvgIpc) is 2.40. The summed E-state index contributed by atoms with van der Waals surface area (Å²) < 4.78 is 5.53. The fourth-order valence-electron chi connectivity index (χ4n) is 2.52. The number of rotatable bonds is 14. The lowest BCUT2D eigenvalue weighted by Gasteiger charge is -2.12. The third kappa shape index (κ3) is 12.6. The molecule has 0 fully saturated rings. The second kappa shape index (κ2) is 15.2. The highest BCUT2D eigenvalue weighted by Gasteiger charge is 2.02. The van der Waals surface area contributed by atoms with Crippen LogP contribution in [0.25, 0.3) is 0 Å². The van der Waals surface area contributed by atoms with Gasteiger partial charge < -0.3 is 4.43 Å². The molecule has 0 aromatic carbocycles. The Morgan fingerprint density at radius 2 is 1.17 bits per heavy atom. The van der Waals surface area contributed by atoms with E-state index >= 15 is 0 Å². The van der Waals surface area contributed by atoms with Crippen LogP contribution in [-0.2, 0) is 4.43 Å². The molecule has 0 amide bonds. The molecule has 0 aliphatic rings. The van der Waals surface area contributed by atoms with E-state index in [1.165, 1.54) is 83.5 Å². The molecule has 0 spiro atoms. The molecule has 0 rings (SSSR count). The lowest BCUT2D eigenvalue weighted by Crippen LogP contribution is -2.09. The van der Waals surface area contributed by atoms with Gasteiger partial charge in [-0.3, -0.25) is 0 Å². The third-order valence-electron chi connectivity index (χ3n) is 3.92. The number of hydrogen-bond acceptors (Lipinski definition) is 1. The number of hydrogen-bond donors (Lipinski definition) is 0. The molecule has 1 unspecified atom stereocenters. The van der Waals surface area contributed by atoms with Crippen molar-refractivity contribution in [2.24, 2.45) is 0 Å². The Morgan fingerprint density at radius 1 is 0.722 bits per heavy atom. The largest absolute Gasteiger partial charge is 0.425 e. The van der Waals surface area contributed by atoms with E-state index in [-0.39, 0.29) is 0 Å². The second-order valence-corrected chi connectivity index (χ2v) is 6.06. The summed E-state index contributed by atoms with van der Waals surface area (Å²) in [5.74, 6) is 0. The van der Waals surface area contributed by atoms with Crippen LogP contribution in [0.15, 0.2) is 0 Å². The lowest BCUT2D eigenvalue weighted by atomic mass is 10.0. The standard InChI is InChI=1S/C16H36OSi/c1-3-5-6-7-8-9-10-11-12-13-14-15-16(4-2)17-18/h16H,3-15H2,1-2,18H3. The summed E-state index contributed by atoms with van der Waals surface area (Å²) in [5.41, 5.74) is 0. The summed E-state index contributed by atoms with van der Waals surface area (Å²) >= 11 is 0. The molecule has 18 heavy (non-hydrogen) atoms. The third-order valence-corrected chi connectivity index (χ3v) is 4.58. The second-order valence-electron chi connectivity index (χ2n) is 5.59. The van der Waals surface area contributed by atoms with Crippen LogP contribution in [0.1, 0.15) is 97.3 Å². The molecule has 0 N–H and O–H groups in total. The first-order chi connectivity index (χ1) is 8.85. The van der Waals surface area contributed by atoms with Gasteiger partial charge in [0.25, 0.3) is 0 Å². The zero-order chi connectivity index (χ0) is 13.5. The maximum Gasteiger partial charge on any atom is 0.146 e. The van der Waals surface area contributed by atoms with Crippen LogP contribution < -0.4 is 0 Å². The zero-order valence-corrected chi connectivity index (χ0v) is 15.2. The van der Waals surface area contributed by atoms with E-state index < -0.39 is 0 Å². The smallest absolute Gasteiger partial charge is 0.146 e. The molecule has 110 valence electrons. The lowest BCUT2D eigenvalue weighted by molar-refractivity contribution is 0.200. The topological polar surface area (TPSA) is 9.23 Å². The van der Waals surface area contributed by atoms with Gasteiger partial charge >= 0.3 is 0 Å². The monoisotopic (exact) mass is 272 g/mol. The van der Waals surface area contributed by atoms with E-state index in [0.717, 1.165) is 10.5 Å². The van der Waals surface area contributed by atoms with E-state index in [9.17, 15) is 0 Å². The Kier molecular flexibility index (Phi) is 15.4. The van der Waals surface area contributed by atoms with Crippen molar-refractivity contribution in [2.75, 3.05) is 0 Å². The molecule has 0 aromatic rings. The van der Waals surface area contributed by atoms with Crippen molar-refractivity contribution in [3.05, 3.63) is 0 Å². The highest BCUT2D eigenvalue weighted by molar-refractivity contribution is 5.98. The molecule has 0 aliphatic carbocycles. The first-order valence-corrected chi connectivity index (χ1v) is 9.19. The van der Waals surface area contributed by atoms with Crippen molar-refractivity contribution >= 4 is 10.5 Å². The predicted molar refractivity (Wildman–Crippen MR) is 86.2 cm³/mol. The van der Waals surface area contributed by atoms with Gasteiger partial charge in [0, 0.05) is 6.10 Å². The highest BCUT2D eigenvalue weighted by Crippen LogP contribution is 2.13.